The van der Waals surface area contributed by atoms with E-state index < -0.39 is 0 Å². The molecule has 0 aliphatic carbocycles. The number of hydrogen-bond acceptors (Lipinski definition) is 1. The van der Waals surface area contributed by atoms with Crippen LogP contribution >= 0.6 is 0 Å². The first-order valence-electron chi connectivity index (χ1n) is 7.27. The van der Waals surface area contributed by atoms with Crippen LogP contribution in [0.15, 0.2) is 42.9 Å². The molecule has 3 heteroatoms. The molecule has 0 N–H and O–H groups in total. The van der Waals surface area contributed by atoms with Gasteiger partial charge in [0.05, 0.1) is 5.56 Å². The van der Waals surface area contributed by atoms with E-state index in [0.717, 1.165) is 12.2 Å². The number of hydrogen-bond donors (Lipinski definition) is 0. The largest absolute Gasteiger partial charge is 0.297 e. The van der Waals surface area contributed by atoms with Crippen LogP contribution in [-0.4, -0.2) is 9.55 Å². The monoisotopic (exact) mass is 276 g/mol. The molecule has 3 heterocycles. The Morgan fingerprint density at radius 3 is 2.86 bits per heavy atom. The summed E-state index contributed by atoms with van der Waals surface area (Å²) in [4.78, 5) is 4.47. The summed E-state index contributed by atoms with van der Waals surface area (Å²) in [5, 5.41) is 0. The van der Waals surface area contributed by atoms with E-state index >= 15 is 0 Å². The highest BCUT2D eigenvalue weighted by Gasteiger charge is 2.29. The van der Waals surface area contributed by atoms with Gasteiger partial charge in [0.2, 0.25) is 5.69 Å². The minimum atomic E-state index is 0.918. The molecule has 4 rings (SSSR count). The molecule has 0 radical (unpaired) electrons. The number of fused-ring (bicyclic) bond motifs is 3. The minimum Gasteiger partial charge on any atom is -0.297 e. The van der Waals surface area contributed by atoms with E-state index in [1.54, 1.807) is 0 Å². The van der Waals surface area contributed by atoms with Crippen LogP contribution in [0.4, 0.5) is 0 Å². The Labute approximate surface area is 124 Å². The Morgan fingerprint density at radius 2 is 2.05 bits per heavy atom. The Hall–Kier alpha value is -2.42. The van der Waals surface area contributed by atoms with Crippen LogP contribution in [-0.2, 0) is 13.5 Å². The molecule has 0 spiro atoms. The van der Waals surface area contributed by atoms with Crippen molar-refractivity contribution in [2.75, 3.05) is 0 Å². The highest BCUT2D eigenvalue weighted by atomic mass is 15.1. The minimum absolute atomic E-state index is 0.918. The molecule has 0 bridgehead atoms. The molecule has 3 nitrogen and oxygen atoms in total. The Balaban J connectivity index is 2.05. The van der Waals surface area contributed by atoms with E-state index in [0.29, 0.717) is 0 Å². The predicted octanol–water partition coefficient (Wildman–Crippen LogP) is 2.88. The van der Waals surface area contributed by atoms with Crippen molar-refractivity contribution in [1.82, 2.24) is 9.55 Å². The molecule has 0 saturated heterocycles. The summed E-state index contributed by atoms with van der Waals surface area (Å²) < 4.78 is 4.44. The molecule has 1 aliphatic heterocycles. The van der Waals surface area contributed by atoms with Gasteiger partial charge in [-0.2, -0.15) is 4.57 Å². The smallest absolute Gasteiger partial charge is 0.237 e. The lowest BCUT2D eigenvalue weighted by Gasteiger charge is -2.10. The van der Waals surface area contributed by atoms with Crippen LogP contribution in [0.1, 0.15) is 22.5 Å². The molecule has 2 aromatic heterocycles. The molecule has 3 aromatic rings. The van der Waals surface area contributed by atoms with Crippen LogP contribution in [0.25, 0.3) is 16.9 Å². The molecule has 0 saturated carbocycles. The molecular weight excluding hydrogens is 258 g/mol. The van der Waals surface area contributed by atoms with Crippen molar-refractivity contribution >= 4 is 0 Å². The van der Waals surface area contributed by atoms with Crippen molar-refractivity contribution < 1.29 is 4.57 Å². The lowest BCUT2D eigenvalue weighted by Crippen LogP contribution is -2.32. The lowest BCUT2D eigenvalue weighted by atomic mass is 9.99. The maximum Gasteiger partial charge on any atom is 0.237 e. The second-order valence-corrected chi connectivity index (χ2v) is 5.86. The first-order valence-corrected chi connectivity index (χ1v) is 7.27. The Morgan fingerprint density at radius 1 is 1.19 bits per heavy atom. The van der Waals surface area contributed by atoms with Gasteiger partial charge in [-0.1, -0.05) is 17.7 Å². The van der Waals surface area contributed by atoms with Gasteiger partial charge >= 0.3 is 0 Å². The zero-order valence-corrected chi connectivity index (χ0v) is 12.6. The summed E-state index contributed by atoms with van der Waals surface area (Å²) in [6.45, 7) is 4.33. The fraction of sp³-hybridized carbons (Fsp3) is 0.222. The van der Waals surface area contributed by atoms with Crippen LogP contribution in [0.3, 0.4) is 0 Å². The lowest BCUT2D eigenvalue weighted by molar-refractivity contribution is -0.660. The van der Waals surface area contributed by atoms with E-state index in [2.05, 4.69) is 71.7 Å². The molecule has 0 atom stereocenters. The number of pyridine rings is 1. The molecule has 0 unspecified atom stereocenters. The fourth-order valence-corrected chi connectivity index (χ4v) is 3.32. The first-order chi connectivity index (χ1) is 10.1. The van der Waals surface area contributed by atoms with Crippen molar-refractivity contribution in [1.29, 1.82) is 0 Å². The summed E-state index contributed by atoms with van der Waals surface area (Å²) in [7, 11) is 2.11. The standard InChI is InChI=1S/C18H18N3/c1-12-4-5-15(13(2)10-12)18-17-14(6-8-20(18)3)11-16-19-7-9-21(16)17/h4-10H,11H2,1-3H3/q+1. The van der Waals surface area contributed by atoms with Gasteiger partial charge in [-0.3, -0.25) is 4.57 Å². The summed E-state index contributed by atoms with van der Waals surface area (Å²) in [6.07, 6.45) is 7.02. The van der Waals surface area contributed by atoms with Crippen LogP contribution in [0.2, 0.25) is 0 Å². The number of nitrogens with zero attached hydrogens (tertiary/aromatic N) is 3. The summed E-state index contributed by atoms with van der Waals surface area (Å²) in [5.41, 5.74) is 7.80. The van der Waals surface area contributed by atoms with Gasteiger partial charge in [-0.25, -0.2) is 4.98 Å². The van der Waals surface area contributed by atoms with E-state index in [1.807, 2.05) is 6.20 Å². The quantitative estimate of drug-likeness (QED) is 0.490. The first kappa shape index (κ1) is 12.3. The number of imidazole rings is 1. The third kappa shape index (κ3) is 1.74. The van der Waals surface area contributed by atoms with Gasteiger partial charge in [-0.05, 0) is 31.0 Å². The molecule has 21 heavy (non-hydrogen) atoms. The Kier molecular flexibility index (Phi) is 2.52. The maximum atomic E-state index is 4.47. The van der Waals surface area contributed by atoms with Crippen LogP contribution in [0, 0.1) is 13.8 Å². The molecular formula is C18H18N3+. The van der Waals surface area contributed by atoms with Gasteiger partial charge in [0.15, 0.2) is 6.20 Å². The zero-order chi connectivity index (χ0) is 14.6. The number of benzene rings is 1. The third-order valence-corrected chi connectivity index (χ3v) is 4.32. The second kappa shape index (κ2) is 4.29. The van der Waals surface area contributed by atoms with E-state index in [1.165, 1.54) is 33.6 Å². The fourth-order valence-electron chi connectivity index (χ4n) is 3.32. The van der Waals surface area contributed by atoms with Gasteiger partial charge in [0.25, 0.3) is 0 Å². The van der Waals surface area contributed by atoms with Gasteiger partial charge in [0, 0.05) is 24.9 Å². The van der Waals surface area contributed by atoms with Crippen molar-refractivity contribution in [2.24, 2.45) is 7.05 Å². The molecule has 104 valence electrons. The third-order valence-electron chi connectivity index (χ3n) is 4.32. The molecule has 0 amide bonds. The molecule has 0 fully saturated rings. The van der Waals surface area contributed by atoms with Gasteiger partial charge in [0.1, 0.15) is 18.6 Å². The van der Waals surface area contributed by atoms with Crippen LogP contribution in [0.5, 0.6) is 0 Å². The van der Waals surface area contributed by atoms with Gasteiger partial charge in [-0.15, -0.1) is 0 Å². The average molecular weight is 276 g/mol. The van der Waals surface area contributed by atoms with Gasteiger partial charge < -0.3 is 0 Å². The van der Waals surface area contributed by atoms with E-state index in [4.69, 9.17) is 0 Å². The SMILES string of the molecule is Cc1ccc(-c2c3c(cc[n+]2C)Cc2nccn2-3)c(C)c1. The number of rotatable bonds is 1. The average Bonchev–Trinajstić information content (AvgIpc) is 3.01. The zero-order valence-electron chi connectivity index (χ0n) is 12.6. The second-order valence-electron chi connectivity index (χ2n) is 5.86. The summed E-state index contributed by atoms with van der Waals surface area (Å²) >= 11 is 0. The molecule has 1 aromatic carbocycles. The van der Waals surface area contributed by atoms with Crippen LogP contribution < -0.4 is 4.57 Å². The van der Waals surface area contributed by atoms with Crippen molar-refractivity contribution in [3.05, 3.63) is 65.4 Å². The predicted molar refractivity (Wildman–Crippen MR) is 82.5 cm³/mol. The van der Waals surface area contributed by atoms with E-state index in [-0.39, 0.29) is 0 Å². The molecule has 1 aliphatic rings. The van der Waals surface area contributed by atoms with Crippen molar-refractivity contribution in [3.63, 3.8) is 0 Å². The Bertz CT molecular complexity index is 859. The normalized spacial score (nSPS) is 12.3. The maximum absolute atomic E-state index is 4.47. The van der Waals surface area contributed by atoms with Crippen molar-refractivity contribution in [3.8, 4) is 16.9 Å². The topological polar surface area (TPSA) is 21.7 Å². The van der Waals surface area contributed by atoms with Crippen molar-refractivity contribution in [2.45, 2.75) is 20.3 Å². The highest BCUT2D eigenvalue weighted by molar-refractivity contribution is 5.73. The number of aryl methyl sites for hydroxylation is 3. The number of aromatic nitrogens is 3. The highest BCUT2D eigenvalue weighted by Crippen LogP contribution is 2.34. The summed E-state index contributed by atoms with van der Waals surface area (Å²) in [6, 6.07) is 8.87. The summed E-state index contributed by atoms with van der Waals surface area (Å²) in [5.74, 6) is 1.13. The van der Waals surface area contributed by atoms with E-state index in [9.17, 15) is 0 Å².